The van der Waals surface area contributed by atoms with Gasteiger partial charge in [0.2, 0.25) is 5.84 Å². The number of carbonyl (C=O) groups is 1. The number of benzene rings is 2. The quantitative estimate of drug-likeness (QED) is 0.448. The molecule has 3 N–H and O–H groups in total. The minimum atomic E-state index is -6.38. The van der Waals surface area contributed by atoms with Crippen LogP contribution in [0, 0.1) is 5.82 Å². The van der Waals surface area contributed by atoms with Gasteiger partial charge in [-0.3, -0.25) is 4.79 Å². The van der Waals surface area contributed by atoms with Crippen molar-refractivity contribution in [3.8, 4) is 0 Å². The van der Waals surface area contributed by atoms with Crippen molar-refractivity contribution in [2.24, 2.45) is 10.8 Å². The number of nitrogens with one attached hydrogen (secondary N) is 1. The van der Waals surface area contributed by atoms with Crippen molar-refractivity contribution in [3.05, 3.63) is 65.5 Å². The maximum atomic E-state index is 14.4. The summed E-state index contributed by atoms with van der Waals surface area (Å²) in [6.07, 6.45) is -6.10. The summed E-state index contributed by atoms with van der Waals surface area (Å²) in [7, 11) is 0. The van der Waals surface area contributed by atoms with E-state index in [0.717, 1.165) is 11.1 Å². The van der Waals surface area contributed by atoms with E-state index in [1.54, 1.807) is 0 Å². The molecule has 0 fully saturated rings. The van der Waals surface area contributed by atoms with E-state index in [4.69, 9.17) is 5.73 Å². The number of hydrogen-bond donors (Lipinski definition) is 2. The van der Waals surface area contributed by atoms with Crippen molar-refractivity contribution in [1.82, 2.24) is 5.32 Å². The summed E-state index contributed by atoms with van der Waals surface area (Å²) < 4.78 is 123. The number of halogens is 9. The first-order valence-corrected chi connectivity index (χ1v) is 9.96. The Morgan fingerprint density at radius 2 is 1.75 bits per heavy atom. The Kier molecular flexibility index (Phi) is 7.43. The second-order valence-corrected chi connectivity index (χ2v) is 7.59. The third kappa shape index (κ3) is 5.05. The molecule has 0 aliphatic carbocycles. The third-order valence-corrected chi connectivity index (χ3v) is 5.04. The zero-order chi connectivity index (χ0) is 26.9. The van der Waals surface area contributed by atoms with Gasteiger partial charge in [0.25, 0.3) is 5.91 Å². The predicted octanol–water partition coefficient (Wildman–Crippen LogP) is 4.42. The zero-order valence-corrected chi connectivity index (χ0v) is 17.9. The van der Waals surface area contributed by atoms with E-state index in [-0.39, 0.29) is 22.6 Å². The molecule has 0 aromatic heterocycles. The summed E-state index contributed by atoms with van der Waals surface area (Å²) >= 11 is 0. The van der Waals surface area contributed by atoms with Gasteiger partial charge < -0.3 is 15.8 Å². The molecule has 1 atom stereocenters. The lowest BCUT2D eigenvalue weighted by molar-refractivity contribution is -0.346. The number of rotatable bonds is 10. The predicted molar refractivity (Wildman–Crippen MR) is 108 cm³/mol. The average molecular weight is 528 g/mol. The van der Waals surface area contributed by atoms with Crippen molar-refractivity contribution in [3.63, 3.8) is 0 Å². The van der Waals surface area contributed by atoms with Gasteiger partial charge in [0.05, 0.1) is 12.3 Å². The number of amides is 1. The minimum Gasteiger partial charge on any atom is -0.370 e. The van der Waals surface area contributed by atoms with Crippen LogP contribution in [0.15, 0.2) is 53.6 Å². The van der Waals surface area contributed by atoms with Crippen LogP contribution in [0.1, 0.15) is 17.3 Å². The summed E-state index contributed by atoms with van der Waals surface area (Å²) in [5, 5.41) is 7.74. The number of amidine groups is 1. The topological polar surface area (TPSA) is 80.0 Å². The van der Waals surface area contributed by atoms with Crippen LogP contribution in [0.5, 0.6) is 0 Å². The average Bonchev–Trinajstić information content (AvgIpc) is 3.25. The Balaban J connectivity index is 1.79. The normalized spacial score (nSPS) is 16.8. The number of ether oxygens (including phenoxy) is 1. The van der Waals surface area contributed by atoms with E-state index in [0.29, 0.717) is 0 Å². The number of carbonyl (C=O) groups excluding carboxylic acids is 1. The number of alkyl halides is 8. The van der Waals surface area contributed by atoms with Crippen LogP contribution in [0.4, 0.5) is 45.2 Å². The fraction of sp³-hybridized carbons (Fsp3) is 0.333. The minimum absolute atomic E-state index is 0.0437. The molecule has 15 heteroatoms. The molecule has 0 saturated heterocycles. The van der Waals surface area contributed by atoms with Gasteiger partial charge >= 0.3 is 24.2 Å². The Morgan fingerprint density at radius 3 is 2.36 bits per heavy atom. The van der Waals surface area contributed by atoms with Gasteiger partial charge in [-0.05, 0) is 23.8 Å². The van der Waals surface area contributed by atoms with Crippen molar-refractivity contribution >= 4 is 17.4 Å². The van der Waals surface area contributed by atoms with Crippen molar-refractivity contribution in [2.45, 2.75) is 37.0 Å². The summed E-state index contributed by atoms with van der Waals surface area (Å²) in [5.74, 6) is -20.3. The van der Waals surface area contributed by atoms with E-state index >= 15 is 0 Å². The van der Waals surface area contributed by atoms with Gasteiger partial charge in [-0.25, -0.2) is 18.2 Å². The highest BCUT2D eigenvalue weighted by molar-refractivity contribution is 6.38. The largest absolute Gasteiger partial charge is 0.380 e. The number of primary amides is 1. The Bertz CT molecular complexity index is 1140. The molecule has 3 rings (SSSR count). The molecule has 6 nitrogen and oxygen atoms in total. The maximum absolute atomic E-state index is 14.4. The highest BCUT2D eigenvalue weighted by Crippen LogP contribution is 2.48. The number of anilines is 1. The Labute approximate surface area is 197 Å². The first-order chi connectivity index (χ1) is 16.7. The molecule has 36 heavy (non-hydrogen) atoms. The van der Waals surface area contributed by atoms with Crippen LogP contribution in [-0.4, -0.2) is 42.5 Å². The molecule has 2 aromatic carbocycles. The van der Waals surface area contributed by atoms with Gasteiger partial charge in [0.1, 0.15) is 12.4 Å². The number of hydrazone groups is 1. The fourth-order valence-electron chi connectivity index (χ4n) is 3.18. The van der Waals surface area contributed by atoms with Crippen LogP contribution in [-0.2, 0) is 16.1 Å². The molecule has 1 amide bonds. The van der Waals surface area contributed by atoms with Gasteiger partial charge in [-0.15, -0.1) is 5.10 Å². The molecule has 0 bridgehead atoms. The van der Waals surface area contributed by atoms with Crippen LogP contribution >= 0.6 is 0 Å². The van der Waals surface area contributed by atoms with Crippen molar-refractivity contribution in [2.75, 3.05) is 11.6 Å². The zero-order valence-electron chi connectivity index (χ0n) is 17.9. The second kappa shape index (κ2) is 9.87. The number of hydrogen-bond acceptors (Lipinski definition) is 5. The molecule has 0 saturated carbocycles. The van der Waals surface area contributed by atoms with E-state index < -0.39 is 55.3 Å². The molecule has 1 aliphatic rings. The van der Waals surface area contributed by atoms with Crippen LogP contribution < -0.4 is 16.1 Å². The molecular formula is C21H17F9N4O2. The molecule has 0 radical (unpaired) electrons. The summed E-state index contributed by atoms with van der Waals surface area (Å²) in [6, 6.07) is 10.8. The Morgan fingerprint density at radius 1 is 1.08 bits per heavy atom. The number of nitrogens with zero attached hydrogens (tertiary/aromatic N) is 2. The Hall–Kier alpha value is -3.49. The molecular weight excluding hydrogens is 511 g/mol. The van der Waals surface area contributed by atoms with Crippen LogP contribution in [0.25, 0.3) is 0 Å². The molecule has 1 aliphatic heterocycles. The fourth-order valence-corrected chi connectivity index (χ4v) is 3.18. The van der Waals surface area contributed by atoms with Crippen molar-refractivity contribution in [1.29, 1.82) is 0 Å². The van der Waals surface area contributed by atoms with Crippen molar-refractivity contribution < 1.29 is 49.0 Å². The summed E-state index contributed by atoms with van der Waals surface area (Å²) in [4.78, 5) is 11.6. The molecule has 1 unspecified atom stereocenters. The summed E-state index contributed by atoms with van der Waals surface area (Å²) in [5.41, 5.74) is 5.48. The highest BCUT2D eigenvalue weighted by atomic mass is 19.4. The first-order valence-electron chi connectivity index (χ1n) is 9.96. The van der Waals surface area contributed by atoms with E-state index in [9.17, 15) is 44.3 Å². The van der Waals surface area contributed by atoms with Crippen LogP contribution in [0.3, 0.4) is 0 Å². The smallest absolute Gasteiger partial charge is 0.370 e. The highest BCUT2D eigenvalue weighted by Gasteiger charge is 2.75. The third-order valence-electron chi connectivity index (χ3n) is 5.04. The second-order valence-electron chi connectivity index (χ2n) is 7.59. The lowest BCUT2D eigenvalue weighted by Crippen LogP contribution is -2.59. The SMILES string of the molecule is NC(=O)C1=NN(c2cccc(COCC(F)(F)C(F)(F)C(F)(F)C(F)F)c2)C(c2ccccc2F)N1. The van der Waals surface area contributed by atoms with Gasteiger partial charge in [-0.2, -0.15) is 26.3 Å². The van der Waals surface area contributed by atoms with E-state index in [2.05, 4.69) is 15.2 Å². The first kappa shape index (κ1) is 27.1. The maximum Gasteiger partial charge on any atom is 0.380 e. The molecule has 196 valence electrons. The standard InChI is InChI=1S/C21H17F9N4O2/c22-14-7-2-1-6-13(14)17-32-16(15(31)35)33-34(17)12-5-3-4-11(8-12)9-36-10-19(25,26)21(29,30)20(27,28)18(23)24/h1-8,17-18H,9-10H2,(H2,31,35)(H,32,33). The van der Waals surface area contributed by atoms with Crippen LogP contribution in [0.2, 0.25) is 0 Å². The number of nitrogens with two attached hydrogens (primary N) is 1. The van der Waals surface area contributed by atoms with Gasteiger partial charge in [0.15, 0.2) is 6.17 Å². The molecule has 0 spiro atoms. The summed E-state index contributed by atoms with van der Waals surface area (Å²) in [6.45, 7) is -3.11. The monoisotopic (exact) mass is 528 g/mol. The molecule has 1 heterocycles. The lowest BCUT2D eigenvalue weighted by atomic mass is 10.1. The van der Waals surface area contributed by atoms with E-state index in [1.807, 2.05) is 0 Å². The van der Waals surface area contributed by atoms with Gasteiger partial charge in [-0.1, -0.05) is 30.3 Å². The lowest BCUT2D eigenvalue weighted by Gasteiger charge is -2.32. The van der Waals surface area contributed by atoms with Gasteiger partial charge in [0, 0.05) is 5.56 Å². The molecule has 2 aromatic rings. The van der Waals surface area contributed by atoms with E-state index in [1.165, 1.54) is 42.5 Å².